The fraction of sp³-hybridized carbons (Fsp3) is 0.125. The summed E-state index contributed by atoms with van der Waals surface area (Å²) >= 11 is 0. The number of carbonyl (C=O) groups excluding carboxylic acids is 1. The fourth-order valence-electron chi connectivity index (χ4n) is 1.42. The van der Waals surface area contributed by atoms with Gasteiger partial charge in [0.25, 0.3) is 5.78 Å². The van der Waals surface area contributed by atoms with Crippen LogP contribution >= 0.6 is 0 Å². The zero-order valence-corrected chi connectivity index (χ0v) is 10.6. The van der Waals surface area contributed by atoms with E-state index in [4.69, 9.17) is 5.26 Å². The molecule has 18 heavy (non-hydrogen) atoms. The highest BCUT2D eigenvalue weighted by Gasteiger charge is 2.04. The first kappa shape index (κ1) is 13.7. The van der Waals surface area contributed by atoms with Crippen LogP contribution in [-0.4, -0.2) is 5.78 Å². The molecule has 90 valence electrons. The zero-order valence-electron chi connectivity index (χ0n) is 10.6. The van der Waals surface area contributed by atoms with E-state index >= 15 is 0 Å². The number of ketones is 1. The fourth-order valence-corrected chi connectivity index (χ4v) is 1.42. The molecule has 0 unspecified atom stereocenters. The van der Waals surface area contributed by atoms with Crippen molar-refractivity contribution in [2.75, 3.05) is 0 Å². The average molecular weight is 237 g/mol. The number of hydrogen-bond acceptors (Lipinski definition) is 2. The Hall–Kier alpha value is -2.40. The molecule has 0 aliphatic carbocycles. The first-order valence-electron chi connectivity index (χ1n) is 5.67. The predicted octanol–water partition coefficient (Wildman–Crippen LogP) is 3.70. The average Bonchev–Trinajstić information content (AvgIpc) is 2.40. The van der Waals surface area contributed by atoms with Gasteiger partial charge in [-0.05, 0) is 19.4 Å². The molecule has 0 saturated carbocycles. The Labute approximate surface area is 108 Å². The van der Waals surface area contributed by atoms with Crippen molar-refractivity contribution in [1.29, 1.82) is 5.26 Å². The smallest absolute Gasteiger partial charge is 0.262 e. The Morgan fingerprint density at radius 3 is 1.94 bits per heavy atom. The van der Waals surface area contributed by atoms with Crippen LogP contribution in [-0.2, 0) is 0 Å². The highest BCUT2D eigenvalue weighted by molar-refractivity contribution is 6.08. The maximum absolute atomic E-state index is 10.9. The third-order valence-corrected chi connectivity index (χ3v) is 2.43. The lowest BCUT2D eigenvalue weighted by molar-refractivity contribution is 0.105. The van der Waals surface area contributed by atoms with E-state index < -0.39 is 5.78 Å². The van der Waals surface area contributed by atoms with Gasteiger partial charge in [-0.2, -0.15) is 5.26 Å². The minimum absolute atomic E-state index is 0.469. The monoisotopic (exact) mass is 237 g/mol. The highest BCUT2D eigenvalue weighted by atomic mass is 16.1. The van der Waals surface area contributed by atoms with Crippen LogP contribution < -0.4 is 0 Å². The van der Waals surface area contributed by atoms with Gasteiger partial charge in [0.2, 0.25) is 0 Å². The largest absolute Gasteiger partial charge is 0.277 e. The molecular formula is C16H15NO. The maximum Gasteiger partial charge on any atom is 0.262 e. The van der Waals surface area contributed by atoms with Gasteiger partial charge in [-0.15, -0.1) is 0 Å². The Morgan fingerprint density at radius 2 is 1.50 bits per heavy atom. The number of nitriles is 1. The summed E-state index contributed by atoms with van der Waals surface area (Å²) in [6.45, 7) is 3.89. The molecule has 0 atom stereocenters. The van der Waals surface area contributed by atoms with E-state index in [0.29, 0.717) is 5.56 Å². The van der Waals surface area contributed by atoms with Crippen LogP contribution in [0.15, 0.2) is 54.6 Å². The van der Waals surface area contributed by atoms with Crippen molar-refractivity contribution >= 4 is 5.78 Å². The number of hydrogen-bond donors (Lipinski definition) is 0. The van der Waals surface area contributed by atoms with Crippen LogP contribution in [0, 0.1) is 25.2 Å². The molecule has 0 bridgehead atoms. The van der Waals surface area contributed by atoms with Crippen molar-refractivity contribution in [3.63, 3.8) is 0 Å². The van der Waals surface area contributed by atoms with Crippen molar-refractivity contribution in [2.24, 2.45) is 0 Å². The normalized spacial score (nSPS) is 8.72. The Morgan fingerprint density at radius 1 is 0.944 bits per heavy atom. The molecule has 0 saturated heterocycles. The van der Waals surface area contributed by atoms with Crippen molar-refractivity contribution in [2.45, 2.75) is 13.8 Å². The Bertz CT molecular complexity index is 553. The van der Waals surface area contributed by atoms with Gasteiger partial charge in [0, 0.05) is 5.56 Å². The van der Waals surface area contributed by atoms with Crippen LogP contribution in [0.4, 0.5) is 0 Å². The molecule has 0 heterocycles. The molecule has 0 spiro atoms. The first-order chi connectivity index (χ1) is 8.65. The lowest BCUT2D eigenvalue weighted by atomic mass is 10.1. The van der Waals surface area contributed by atoms with Crippen LogP contribution in [0.5, 0.6) is 0 Å². The van der Waals surface area contributed by atoms with E-state index in [1.54, 1.807) is 18.2 Å². The molecule has 2 heteroatoms. The van der Waals surface area contributed by atoms with Crippen molar-refractivity contribution in [3.05, 3.63) is 71.3 Å². The molecule has 0 amide bonds. The van der Waals surface area contributed by atoms with E-state index in [0.717, 1.165) is 5.56 Å². The van der Waals surface area contributed by atoms with E-state index in [1.165, 1.54) is 5.56 Å². The van der Waals surface area contributed by atoms with Gasteiger partial charge in [0.1, 0.15) is 6.07 Å². The SMILES string of the molecule is Cc1ccccc1.Cc1ccccc1C(=O)C#N. The van der Waals surface area contributed by atoms with Gasteiger partial charge in [-0.3, -0.25) is 4.79 Å². The summed E-state index contributed by atoms with van der Waals surface area (Å²) in [4.78, 5) is 10.9. The summed E-state index contributed by atoms with van der Waals surface area (Å²) in [7, 11) is 0. The van der Waals surface area contributed by atoms with Gasteiger partial charge in [-0.1, -0.05) is 60.2 Å². The van der Waals surface area contributed by atoms with E-state index in [-0.39, 0.29) is 0 Å². The van der Waals surface area contributed by atoms with Crippen LogP contribution in [0.1, 0.15) is 21.5 Å². The van der Waals surface area contributed by atoms with E-state index in [9.17, 15) is 4.79 Å². The summed E-state index contributed by atoms with van der Waals surface area (Å²) in [6.07, 6.45) is 0. The van der Waals surface area contributed by atoms with Crippen LogP contribution in [0.2, 0.25) is 0 Å². The van der Waals surface area contributed by atoms with Crippen molar-refractivity contribution < 1.29 is 4.79 Å². The second kappa shape index (κ2) is 7.03. The summed E-state index contributed by atoms with van der Waals surface area (Å²) in [5.41, 5.74) is 2.66. The van der Waals surface area contributed by atoms with Crippen molar-refractivity contribution in [1.82, 2.24) is 0 Å². The summed E-state index contributed by atoms with van der Waals surface area (Å²) in [6, 6.07) is 18.9. The second-order valence-corrected chi connectivity index (χ2v) is 3.91. The van der Waals surface area contributed by atoms with Gasteiger partial charge in [-0.25, -0.2) is 0 Å². The second-order valence-electron chi connectivity index (χ2n) is 3.91. The van der Waals surface area contributed by atoms with Crippen molar-refractivity contribution in [3.8, 4) is 6.07 Å². The Kier molecular flexibility index (Phi) is 5.34. The zero-order chi connectivity index (χ0) is 13.4. The molecule has 2 aromatic carbocycles. The third kappa shape index (κ3) is 4.23. The standard InChI is InChI=1S/C9H7NO.C7H8/c1-7-4-2-3-5-8(7)9(11)6-10;1-7-5-3-2-4-6-7/h2-5H,1H3;2-6H,1H3. The Balaban J connectivity index is 0.000000199. The molecule has 0 radical (unpaired) electrons. The maximum atomic E-state index is 10.9. The molecule has 2 rings (SSSR count). The number of carbonyl (C=O) groups is 1. The molecular weight excluding hydrogens is 222 g/mol. The number of nitrogens with zero attached hydrogens (tertiary/aromatic N) is 1. The summed E-state index contributed by atoms with van der Waals surface area (Å²) in [5, 5.41) is 8.31. The molecule has 0 N–H and O–H groups in total. The van der Waals surface area contributed by atoms with E-state index in [2.05, 4.69) is 19.1 Å². The summed E-state index contributed by atoms with van der Waals surface area (Å²) < 4.78 is 0. The highest BCUT2D eigenvalue weighted by Crippen LogP contribution is 2.06. The minimum Gasteiger partial charge on any atom is -0.277 e. The van der Waals surface area contributed by atoms with Gasteiger partial charge < -0.3 is 0 Å². The first-order valence-corrected chi connectivity index (χ1v) is 5.67. The molecule has 0 aliphatic heterocycles. The molecule has 2 nitrogen and oxygen atoms in total. The van der Waals surface area contributed by atoms with Gasteiger partial charge in [0.05, 0.1) is 0 Å². The molecule has 0 aliphatic rings. The number of aryl methyl sites for hydroxylation is 2. The number of Topliss-reactive ketones (excluding diaryl/α,β-unsaturated/α-hetero) is 1. The molecule has 2 aromatic rings. The lowest BCUT2D eigenvalue weighted by Crippen LogP contribution is -1.96. The predicted molar refractivity (Wildman–Crippen MR) is 72.3 cm³/mol. The summed E-state index contributed by atoms with van der Waals surface area (Å²) in [5.74, 6) is -0.469. The lowest BCUT2D eigenvalue weighted by Gasteiger charge is -1.96. The topological polar surface area (TPSA) is 40.9 Å². The quantitative estimate of drug-likeness (QED) is 0.560. The minimum atomic E-state index is -0.469. The number of benzene rings is 2. The van der Waals surface area contributed by atoms with E-state index in [1.807, 2.05) is 37.3 Å². The van der Waals surface area contributed by atoms with Gasteiger partial charge in [0.15, 0.2) is 0 Å². The molecule has 0 fully saturated rings. The van der Waals surface area contributed by atoms with Crippen LogP contribution in [0.3, 0.4) is 0 Å². The van der Waals surface area contributed by atoms with Gasteiger partial charge >= 0.3 is 0 Å². The third-order valence-electron chi connectivity index (χ3n) is 2.43. The molecule has 0 aromatic heterocycles. The number of rotatable bonds is 1. The van der Waals surface area contributed by atoms with Crippen LogP contribution in [0.25, 0.3) is 0 Å².